The third-order valence-electron chi connectivity index (χ3n) is 8.79. The second kappa shape index (κ2) is 23.4. The van der Waals surface area contributed by atoms with Gasteiger partial charge >= 0.3 is 6.09 Å². The van der Waals surface area contributed by atoms with E-state index in [-0.39, 0.29) is 18.6 Å². The van der Waals surface area contributed by atoms with Crippen LogP contribution in [0.2, 0.25) is 0 Å². The van der Waals surface area contributed by atoms with Crippen molar-refractivity contribution in [2.45, 2.75) is 64.7 Å². The third-order valence-corrected chi connectivity index (χ3v) is 8.79. The molecule has 4 aromatic rings. The molecule has 0 aromatic heterocycles. The smallest absolute Gasteiger partial charge is 0.416 e. The van der Waals surface area contributed by atoms with Crippen molar-refractivity contribution in [1.82, 2.24) is 20.0 Å². The molecule has 0 heterocycles. The van der Waals surface area contributed by atoms with E-state index in [4.69, 9.17) is 17.6 Å². The normalized spacial score (nSPS) is 12.8. The first-order valence-corrected chi connectivity index (χ1v) is 17.7. The first-order valence-electron chi connectivity index (χ1n) is 17.7. The lowest BCUT2D eigenvalue weighted by Gasteiger charge is -2.27. The van der Waals surface area contributed by atoms with Crippen molar-refractivity contribution in [1.29, 1.82) is 0 Å². The van der Waals surface area contributed by atoms with E-state index in [2.05, 4.69) is 72.0 Å². The number of phenolic OH excluding ortho intramolecular Hbond substituents is 1. The van der Waals surface area contributed by atoms with Crippen LogP contribution in [0, 0.1) is 24.7 Å². The van der Waals surface area contributed by atoms with Crippen molar-refractivity contribution < 1.29 is 14.6 Å². The number of ether oxygens (including phenoxy) is 1. The van der Waals surface area contributed by atoms with Crippen molar-refractivity contribution in [3.63, 3.8) is 0 Å². The summed E-state index contributed by atoms with van der Waals surface area (Å²) in [6.45, 7) is 9.19. The van der Waals surface area contributed by atoms with Crippen LogP contribution in [0.3, 0.4) is 0 Å². The number of hydrogen-bond donors (Lipinski definition) is 2. The van der Waals surface area contributed by atoms with Gasteiger partial charge in [-0.15, -0.1) is 12.8 Å². The summed E-state index contributed by atoms with van der Waals surface area (Å²) >= 11 is 0. The van der Waals surface area contributed by atoms with Gasteiger partial charge in [0.2, 0.25) is 0 Å². The summed E-state index contributed by atoms with van der Waals surface area (Å²) in [4.78, 5) is 18.5. The minimum Gasteiger partial charge on any atom is -0.508 e. The number of nitrogens with one attached hydrogen (secondary N) is 1. The molecule has 0 saturated carbocycles. The molecule has 4 rings (SSSR count). The lowest BCUT2D eigenvalue weighted by molar-refractivity contribution is 0.142. The highest BCUT2D eigenvalue weighted by atomic mass is 16.6. The van der Waals surface area contributed by atoms with Gasteiger partial charge in [0.1, 0.15) is 11.5 Å². The van der Waals surface area contributed by atoms with Crippen LogP contribution in [0.1, 0.15) is 62.0 Å². The van der Waals surface area contributed by atoms with E-state index in [1.807, 2.05) is 102 Å². The Balaban J connectivity index is 0.000000310. The van der Waals surface area contributed by atoms with Gasteiger partial charge in [-0.2, -0.15) is 0 Å². The molecule has 0 aliphatic rings. The molecule has 0 fully saturated rings. The van der Waals surface area contributed by atoms with Crippen LogP contribution in [0.15, 0.2) is 109 Å². The van der Waals surface area contributed by atoms with Gasteiger partial charge in [-0.05, 0) is 115 Å². The molecule has 52 heavy (non-hydrogen) atoms. The average Bonchev–Trinajstić information content (AvgIpc) is 3.13. The maximum absolute atomic E-state index is 12.7. The fraction of sp³-hybridized carbons (Fsp3) is 0.356. The number of carbonyl (C=O) groups excluding carboxylic acids is 1. The molecular formula is C45H58N4O3. The van der Waals surface area contributed by atoms with E-state index in [0.29, 0.717) is 30.1 Å². The molecule has 0 bridgehead atoms. The summed E-state index contributed by atoms with van der Waals surface area (Å²) in [5, 5.41) is 12.5. The predicted molar refractivity (Wildman–Crippen MR) is 216 cm³/mol. The number of phenols is 1. The maximum atomic E-state index is 12.7. The summed E-state index contributed by atoms with van der Waals surface area (Å²) in [5.41, 5.74) is 4.73. The molecular weight excluding hydrogens is 645 g/mol. The van der Waals surface area contributed by atoms with Gasteiger partial charge in [0.25, 0.3) is 0 Å². The van der Waals surface area contributed by atoms with E-state index >= 15 is 0 Å². The highest BCUT2D eigenvalue weighted by molar-refractivity contribution is 5.71. The Kier molecular flexibility index (Phi) is 19.4. The summed E-state index contributed by atoms with van der Waals surface area (Å²) in [6, 6.07) is 36.4. The number of rotatable bonds is 13. The van der Waals surface area contributed by atoms with Crippen molar-refractivity contribution in [3.05, 3.63) is 131 Å². The second-order valence-electron chi connectivity index (χ2n) is 13.4. The minimum absolute atomic E-state index is 0.0696. The van der Waals surface area contributed by atoms with Crippen LogP contribution in [-0.2, 0) is 12.8 Å². The van der Waals surface area contributed by atoms with Crippen molar-refractivity contribution >= 4 is 6.09 Å². The Hall–Kier alpha value is -5.05. The van der Waals surface area contributed by atoms with Gasteiger partial charge in [0, 0.05) is 24.2 Å². The molecule has 7 nitrogen and oxygen atoms in total. The SMILES string of the molecule is C#CCN(C(=O)Oc1cccc([C@H](C)N(C)C)c1)[C@H](C)Cc1ccccc1.C#CCN[C@H](C)Cc1ccccc1.C[C@@H](c1cccc(O)c1)N(C)C. The summed E-state index contributed by atoms with van der Waals surface area (Å²) in [6.07, 6.45) is 12.0. The molecule has 4 atom stereocenters. The number of nitrogens with zero attached hydrogens (tertiary/aromatic N) is 3. The van der Waals surface area contributed by atoms with E-state index in [0.717, 1.165) is 29.5 Å². The summed E-state index contributed by atoms with van der Waals surface area (Å²) in [5.74, 6) is 6.00. The van der Waals surface area contributed by atoms with E-state index in [1.54, 1.807) is 23.1 Å². The molecule has 7 heteroatoms. The van der Waals surface area contributed by atoms with Crippen LogP contribution in [0.4, 0.5) is 4.79 Å². The number of aromatic hydroxyl groups is 1. The molecule has 0 unspecified atom stereocenters. The monoisotopic (exact) mass is 702 g/mol. The third kappa shape index (κ3) is 15.9. The largest absolute Gasteiger partial charge is 0.508 e. The fourth-order valence-electron chi connectivity index (χ4n) is 5.22. The zero-order valence-electron chi connectivity index (χ0n) is 32.3. The Bertz CT molecular complexity index is 1680. The number of hydrogen-bond acceptors (Lipinski definition) is 6. The molecule has 0 spiro atoms. The lowest BCUT2D eigenvalue weighted by Crippen LogP contribution is -2.41. The number of benzene rings is 4. The Morgan fingerprint density at radius 2 is 1.23 bits per heavy atom. The van der Waals surface area contributed by atoms with Gasteiger partial charge < -0.3 is 25.0 Å². The first kappa shape index (κ1) is 43.1. The Morgan fingerprint density at radius 1 is 0.712 bits per heavy atom. The molecule has 0 aliphatic heterocycles. The topological polar surface area (TPSA) is 68.3 Å². The Labute approximate surface area is 313 Å². The summed E-state index contributed by atoms with van der Waals surface area (Å²) in [7, 11) is 8.08. The number of terminal acetylenes is 2. The van der Waals surface area contributed by atoms with E-state index in [1.165, 1.54) is 5.56 Å². The fourth-order valence-corrected chi connectivity index (χ4v) is 5.22. The second-order valence-corrected chi connectivity index (χ2v) is 13.4. The predicted octanol–water partition coefficient (Wildman–Crippen LogP) is 8.23. The molecule has 276 valence electrons. The molecule has 0 saturated heterocycles. The standard InChI is InChI=1S/C23H28N2O2.C12H15N.C10H15NO/c1-6-15-25(18(2)16-20-11-8-7-9-12-20)23(26)27-22-14-10-13-21(17-22)19(3)24(4)5;1-3-9-13-11(2)10-12-7-5-4-6-8-12;1-8(11(2)3)9-5-4-6-10(12)7-9/h1,7-14,17-19H,15-16H2,2-5H3;1,4-8,11,13H,9-10H2,2H3;4-8,12H,1-3H3/t18-,19+;11-;8-/m110/s1. The number of carbonyl (C=O) groups is 1. The quantitative estimate of drug-likeness (QED) is 0.137. The van der Waals surface area contributed by atoms with Crippen LogP contribution < -0.4 is 10.1 Å². The average molecular weight is 703 g/mol. The van der Waals surface area contributed by atoms with Gasteiger partial charge in [0.05, 0.1) is 13.1 Å². The van der Waals surface area contributed by atoms with Gasteiger partial charge in [-0.1, -0.05) is 96.8 Å². The van der Waals surface area contributed by atoms with Crippen molar-refractivity contribution in [2.75, 3.05) is 41.3 Å². The highest BCUT2D eigenvalue weighted by Crippen LogP contribution is 2.23. The zero-order chi connectivity index (χ0) is 38.5. The number of amides is 1. The van der Waals surface area contributed by atoms with Crippen molar-refractivity contribution in [3.8, 4) is 36.2 Å². The van der Waals surface area contributed by atoms with Crippen LogP contribution in [0.5, 0.6) is 11.5 Å². The van der Waals surface area contributed by atoms with Gasteiger partial charge in [-0.3, -0.25) is 4.90 Å². The van der Waals surface area contributed by atoms with Crippen LogP contribution >= 0.6 is 0 Å². The lowest BCUT2D eigenvalue weighted by atomic mass is 10.1. The molecule has 0 aliphatic carbocycles. The van der Waals surface area contributed by atoms with E-state index in [9.17, 15) is 9.90 Å². The Morgan fingerprint density at radius 3 is 1.73 bits per heavy atom. The van der Waals surface area contributed by atoms with Crippen molar-refractivity contribution in [2.24, 2.45) is 0 Å². The molecule has 0 radical (unpaired) electrons. The van der Waals surface area contributed by atoms with Gasteiger partial charge in [-0.25, -0.2) is 4.79 Å². The highest BCUT2D eigenvalue weighted by Gasteiger charge is 2.22. The van der Waals surface area contributed by atoms with E-state index < -0.39 is 6.09 Å². The minimum atomic E-state index is -0.425. The molecule has 1 amide bonds. The first-order chi connectivity index (χ1) is 24.9. The maximum Gasteiger partial charge on any atom is 0.416 e. The molecule has 2 N–H and O–H groups in total. The van der Waals surface area contributed by atoms with Gasteiger partial charge in [0.15, 0.2) is 0 Å². The van der Waals surface area contributed by atoms with Crippen LogP contribution in [0.25, 0.3) is 0 Å². The molecule has 4 aromatic carbocycles. The zero-order valence-corrected chi connectivity index (χ0v) is 32.3. The summed E-state index contributed by atoms with van der Waals surface area (Å²) < 4.78 is 5.63. The van der Waals surface area contributed by atoms with Crippen LogP contribution in [-0.4, -0.2) is 79.3 Å².